The van der Waals surface area contributed by atoms with E-state index in [0.717, 1.165) is 26.1 Å². The molecule has 17 heavy (non-hydrogen) atoms. The first-order valence-electron chi connectivity index (χ1n) is 5.94. The summed E-state index contributed by atoms with van der Waals surface area (Å²) in [5.74, 6) is -0.783. The SMILES string of the molecule is CNC(=O)C(C)N1CCCN(CC(=O)O)CC1. The Morgan fingerprint density at radius 1 is 1.29 bits per heavy atom. The molecule has 0 spiro atoms. The molecule has 0 aromatic rings. The van der Waals surface area contributed by atoms with Crippen molar-refractivity contribution < 1.29 is 14.7 Å². The fourth-order valence-corrected chi connectivity index (χ4v) is 2.10. The second-order valence-electron chi connectivity index (χ2n) is 4.35. The van der Waals surface area contributed by atoms with Gasteiger partial charge >= 0.3 is 5.97 Å². The molecule has 1 rings (SSSR count). The van der Waals surface area contributed by atoms with Gasteiger partial charge in [0.2, 0.25) is 5.91 Å². The summed E-state index contributed by atoms with van der Waals surface area (Å²) in [5, 5.41) is 11.4. The largest absolute Gasteiger partial charge is 0.480 e. The number of likely N-dealkylation sites (N-methyl/N-ethyl adjacent to an activating group) is 1. The molecule has 2 N–H and O–H groups in total. The Kier molecular flexibility index (Phi) is 5.37. The number of hydrogen-bond donors (Lipinski definition) is 2. The molecule has 1 unspecified atom stereocenters. The number of carbonyl (C=O) groups is 2. The number of amides is 1. The minimum absolute atomic E-state index is 0.0108. The predicted molar refractivity (Wildman–Crippen MR) is 63.8 cm³/mol. The summed E-state index contributed by atoms with van der Waals surface area (Å²) in [6, 6.07) is -0.148. The summed E-state index contributed by atoms with van der Waals surface area (Å²) in [6.45, 7) is 5.03. The molecule has 1 fully saturated rings. The van der Waals surface area contributed by atoms with E-state index < -0.39 is 5.97 Å². The average molecular weight is 243 g/mol. The van der Waals surface area contributed by atoms with Crippen molar-refractivity contribution >= 4 is 11.9 Å². The summed E-state index contributed by atoms with van der Waals surface area (Å²) in [5.41, 5.74) is 0. The number of carboxylic acid groups (broad SMARTS) is 1. The van der Waals surface area contributed by atoms with Crippen LogP contribution < -0.4 is 5.32 Å². The van der Waals surface area contributed by atoms with Crippen molar-refractivity contribution in [2.45, 2.75) is 19.4 Å². The summed E-state index contributed by atoms with van der Waals surface area (Å²) in [6.07, 6.45) is 0.897. The number of carbonyl (C=O) groups excluding carboxylic acids is 1. The van der Waals surface area contributed by atoms with Crippen LogP contribution in [0.15, 0.2) is 0 Å². The van der Waals surface area contributed by atoms with E-state index in [1.165, 1.54) is 0 Å². The Balaban J connectivity index is 2.47. The van der Waals surface area contributed by atoms with E-state index in [2.05, 4.69) is 10.2 Å². The Hall–Kier alpha value is -1.14. The van der Waals surface area contributed by atoms with E-state index in [1.54, 1.807) is 7.05 Å². The second kappa shape index (κ2) is 6.56. The number of aliphatic carboxylic acids is 1. The molecule has 1 saturated heterocycles. The topological polar surface area (TPSA) is 72.9 Å². The molecule has 1 heterocycles. The fraction of sp³-hybridized carbons (Fsp3) is 0.818. The van der Waals surface area contributed by atoms with Gasteiger partial charge in [0.1, 0.15) is 0 Å². The lowest BCUT2D eigenvalue weighted by atomic mass is 10.2. The zero-order chi connectivity index (χ0) is 12.8. The highest BCUT2D eigenvalue weighted by atomic mass is 16.4. The summed E-state index contributed by atoms with van der Waals surface area (Å²) < 4.78 is 0. The Morgan fingerprint density at radius 3 is 2.59 bits per heavy atom. The van der Waals surface area contributed by atoms with Gasteiger partial charge in [-0.05, 0) is 13.3 Å². The van der Waals surface area contributed by atoms with Crippen LogP contribution >= 0.6 is 0 Å². The molecule has 0 aliphatic carbocycles. The van der Waals surface area contributed by atoms with Gasteiger partial charge in [-0.25, -0.2) is 0 Å². The highest BCUT2D eigenvalue weighted by Crippen LogP contribution is 2.07. The van der Waals surface area contributed by atoms with Gasteiger partial charge in [-0.2, -0.15) is 0 Å². The first-order valence-corrected chi connectivity index (χ1v) is 5.94. The third-order valence-corrected chi connectivity index (χ3v) is 3.16. The van der Waals surface area contributed by atoms with E-state index in [4.69, 9.17) is 5.11 Å². The number of rotatable bonds is 4. The number of nitrogens with zero attached hydrogens (tertiary/aromatic N) is 2. The standard InChI is InChI=1S/C11H21N3O3/c1-9(11(17)12-2)14-5-3-4-13(6-7-14)8-10(15)16/h9H,3-8H2,1-2H3,(H,12,17)(H,15,16). The van der Waals surface area contributed by atoms with Crippen molar-refractivity contribution in [3.63, 3.8) is 0 Å². The van der Waals surface area contributed by atoms with Gasteiger partial charge < -0.3 is 10.4 Å². The lowest BCUT2D eigenvalue weighted by Crippen LogP contribution is -2.45. The molecular formula is C11H21N3O3. The average Bonchev–Trinajstić information content (AvgIpc) is 2.52. The van der Waals surface area contributed by atoms with E-state index in [0.29, 0.717) is 6.54 Å². The predicted octanol–water partition coefficient (Wildman–Crippen LogP) is -0.787. The van der Waals surface area contributed by atoms with Crippen LogP contribution in [0, 0.1) is 0 Å². The minimum Gasteiger partial charge on any atom is -0.480 e. The quantitative estimate of drug-likeness (QED) is 0.677. The number of nitrogens with one attached hydrogen (secondary N) is 1. The molecule has 98 valence electrons. The van der Waals surface area contributed by atoms with Gasteiger partial charge in [-0.1, -0.05) is 0 Å². The summed E-state index contributed by atoms with van der Waals surface area (Å²) in [4.78, 5) is 26.2. The molecule has 6 heteroatoms. The van der Waals surface area contributed by atoms with Crippen LogP contribution in [0.3, 0.4) is 0 Å². The van der Waals surface area contributed by atoms with Crippen LogP contribution in [-0.2, 0) is 9.59 Å². The van der Waals surface area contributed by atoms with Crippen LogP contribution in [0.25, 0.3) is 0 Å². The molecule has 1 atom stereocenters. The van der Waals surface area contributed by atoms with Crippen molar-refractivity contribution in [1.29, 1.82) is 0 Å². The fourth-order valence-electron chi connectivity index (χ4n) is 2.10. The molecular weight excluding hydrogens is 222 g/mol. The minimum atomic E-state index is -0.794. The van der Waals surface area contributed by atoms with Gasteiger partial charge in [-0.3, -0.25) is 19.4 Å². The molecule has 0 radical (unpaired) electrons. The van der Waals surface area contributed by atoms with Crippen LogP contribution in [0.2, 0.25) is 0 Å². The molecule has 0 bridgehead atoms. The molecule has 1 aliphatic heterocycles. The van der Waals surface area contributed by atoms with Gasteiger partial charge in [0.25, 0.3) is 0 Å². The van der Waals surface area contributed by atoms with Gasteiger partial charge in [0.15, 0.2) is 0 Å². The lowest BCUT2D eigenvalue weighted by Gasteiger charge is -2.26. The second-order valence-corrected chi connectivity index (χ2v) is 4.35. The third kappa shape index (κ3) is 4.32. The molecule has 1 amide bonds. The van der Waals surface area contributed by atoms with Crippen LogP contribution in [0.5, 0.6) is 0 Å². The maximum absolute atomic E-state index is 11.5. The lowest BCUT2D eigenvalue weighted by molar-refractivity contribution is -0.138. The van der Waals surface area contributed by atoms with Gasteiger partial charge in [-0.15, -0.1) is 0 Å². The van der Waals surface area contributed by atoms with Crippen LogP contribution in [-0.4, -0.2) is 72.6 Å². The first-order chi connectivity index (χ1) is 8.04. The van der Waals surface area contributed by atoms with Crippen molar-refractivity contribution in [2.24, 2.45) is 0 Å². The van der Waals surface area contributed by atoms with Crippen molar-refractivity contribution in [2.75, 3.05) is 39.8 Å². The highest BCUT2D eigenvalue weighted by molar-refractivity contribution is 5.80. The van der Waals surface area contributed by atoms with E-state index >= 15 is 0 Å². The Morgan fingerprint density at radius 2 is 2.00 bits per heavy atom. The van der Waals surface area contributed by atoms with E-state index in [1.807, 2.05) is 11.8 Å². The van der Waals surface area contributed by atoms with E-state index in [9.17, 15) is 9.59 Å². The molecule has 0 aromatic carbocycles. The Labute approximate surface area is 102 Å². The Bertz CT molecular complexity index is 283. The number of carboxylic acids is 1. The maximum Gasteiger partial charge on any atom is 0.317 e. The maximum atomic E-state index is 11.5. The monoisotopic (exact) mass is 243 g/mol. The van der Waals surface area contributed by atoms with Gasteiger partial charge in [0.05, 0.1) is 12.6 Å². The zero-order valence-corrected chi connectivity index (χ0v) is 10.5. The van der Waals surface area contributed by atoms with Crippen LogP contribution in [0.4, 0.5) is 0 Å². The van der Waals surface area contributed by atoms with Crippen molar-refractivity contribution in [1.82, 2.24) is 15.1 Å². The highest BCUT2D eigenvalue weighted by Gasteiger charge is 2.23. The molecule has 0 saturated carbocycles. The zero-order valence-electron chi connectivity index (χ0n) is 10.5. The van der Waals surface area contributed by atoms with Crippen molar-refractivity contribution in [3.05, 3.63) is 0 Å². The first kappa shape index (κ1) is 13.9. The van der Waals surface area contributed by atoms with Crippen LogP contribution in [0.1, 0.15) is 13.3 Å². The normalized spacial score (nSPS) is 20.6. The number of hydrogen-bond acceptors (Lipinski definition) is 4. The third-order valence-electron chi connectivity index (χ3n) is 3.16. The molecule has 6 nitrogen and oxygen atoms in total. The smallest absolute Gasteiger partial charge is 0.317 e. The summed E-state index contributed by atoms with van der Waals surface area (Å²) >= 11 is 0. The van der Waals surface area contributed by atoms with Gasteiger partial charge in [0, 0.05) is 33.2 Å². The summed E-state index contributed by atoms with van der Waals surface area (Å²) in [7, 11) is 1.63. The molecule has 1 aliphatic rings. The van der Waals surface area contributed by atoms with E-state index in [-0.39, 0.29) is 18.5 Å². The molecule has 0 aromatic heterocycles. The van der Waals surface area contributed by atoms with Crippen molar-refractivity contribution in [3.8, 4) is 0 Å².